The summed E-state index contributed by atoms with van der Waals surface area (Å²) in [5, 5.41) is 5.57. The van der Waals surface area contributed by atoms with Crippen LogP contribution < -0.4 is 5.32 Å². The molecule has 3 rings (SSSR count). The molecule has 0 fully saturated rings. The SMILES string of the molecule is CNC(c1cccc(Cl)c1)c1cc2cccc(Cl)c2o1. The molecule has 0 aliphatic rings. The maximum absolute atomic E-state index is 6.15. The van der Waals surface area contributed by atoms with E-state index in [0.717, 1.165) is 16.7 Å². The summed E-state index contributed by atoms with van der Waals surface area (Å²) in [7, 11) is 1.89. The summed E-state index contributed by atoms with van der Waals surface area (Å²) < 4.78 is 5.91. The second-order valence-electron chi connectivity index (χ2n) is 4.58. The molecule has 0 aliphatic carbocycles. The van der Waals surface area contributed by atoms with E-state index >= 15 is 0 Å². The van der Waals surface area contributed by atoms with Crippen molar-refractivity contribution in [1.29, 1.82) is 0 Å². The molecule has 0 saturated heterocycles. The molecule has 0 aliphatic heterocycles. The maximum atomic E-state index is 6.15. The first-order valence-corrected chi connectivity index (χ1v) is 7.05. The highest BCUT2D eigenvalue weighted by molar-refractivity contribution is 6.34. The third kappa shape index (κ3) is 2.42. The van der Waals surface area contributed by atoms with Crippen LogP contribution in [-0.2, 0) is 0 Å². The van der Waals surface area contributed by atoms with E-state index in [1.54, 1.807) is 0 Å². The predicted molar refractivity (Wildman–Crippen MR) is 83.6 cm³/mol. The molecule has 0 bridgehead atoms. The zero-order valence-electron chi connectivity index (χ0n) is 10.9. The predicted octanol–water partition coefficient (Wildman–Crippen LogP) is 5.05. The number of hydrogen-bond acceptors (Lipinski definition) is 2. The zero-order valence-corrected chi connectivity index (χ0v) is 12.4. The van der Waals surface area contributed by atoms with Gasteiger partial charge in [-0.05, 0) is 36.9 Å². The topological polar surface area (TPSA) is 25.2 Å². The van der Waals surface area contributed by atoms with E-state index < -0.39 is 0 Å². The van der Waals surface area contributed by atoms with Crippen LogP contribution in [0.2, 0.25) is 10.0 Å². The number of furan rings is 1. The van der Waals surface area contributed by atoms with Crippen molar-refractivity contribution in [3.63, 3.8) is 0 Å². The molecule has 2 nitrogen and oxygen atoms in total. The summed E-state index contributed by atoms with van der Waals surface area (Å²) in [5.41, 5.74) is 1.77. The Kier molecular flexibility index (Phi) is 3.70. The largest absolute Gasteiger partial charge is 0.457 e. The molecule has 3 aromatic rings. The monoisotopic (exact) mass is 305 g/mol. The normalized spacial score (nSPS) is 12.8. The molecule has 4 heteroatoms. The molecule has 0 saturated carbocycles. The Morgan fingerprint density at radius 2 is 1.85 bits per heavy atom. The van der Waals surface area contributed by atoms with Crippen molar-refractivity contribution < 1.29 is 4.42 Å². The number of halogens is 2. The van der Waals surface area contributed by atoms with Gasteiger partial charge in [0.05, 0.1) is 11.1 Å². The van der Waals surface area contributed by atoms with Gasteiger partial charge in [0, 0.05) is 10.4 Å². The number of hydrogen-bond donors (Lipinski definition) is 1. The minimum Gasteiger partial charge on any atom is -0.457 e. The molecule has 1 atom stereocenters. The fraction of sp³-hybridized carbons (Fsp3) is 0.125. The highest BCUT2D eigenvalue weighted by Gasteiger charge is 2.17. The van der Waals surface area contributed by atoms with E-state index in [9.17, 15) is 0 Å². The minimum atomic E-state index is -0.0582. The van der Waals surface area contributed by atoms with Crippen molar-refractivity contribution in [3.8, 4) is 0 Å². The van der Waals surface area contributed by atoms with Gasteiger partial charge in [-0.25, -0.2) is 0 Å². The maximum Gasteiger partial charge on any atom is 0.152 e. The second-order valence-corrected chi connectivity index (χ2v) is 5.43. The smallest absolute Gasteiger partial charge is 0.152 e. The van der Waals surface area contributed by atoms with Gasteiger partial charge >= 0.3 is 0 Å². The van der Waals surface area contributed by atoms with Gasteiger partial charge in [-0.1, -0.05) is 47.5 Å². The van der Waals surface area contributed by atoms with Gasteiger partial charge in [-0.15, -0.1) is 0 Å². The van der Waals surface area contributed by atoms with Gasteiger partial charge in [0.15, 0.2) is 5.58 Å². The standard InChI is InChI=1S/C16H13Cl2NO/c1-19-15(10-4-2-6-12(17)8-10)14-9-11-5-3-7-13(18)16(11)20-14/h2-9,15,19H,1H3. The van der Waals surface area contributed by atoms with Gasteiger partial charge in [0.25, 0.3) is 0 Å². The van der Waals surface area contributed by atoms with Crippen molar-refractivity contribution in [3.05, 3.63) is 69.9 Å². The lowest BCUT2D eigenvalue weighted by Gasteiger charge is -2.14. The Hall–Kier alpha value is -1.48. The average molecular weight is 306 g/mol. The summed E-state index contributed by atoms with van der Waals surface area (Å²) in [6.45, 7) is 0. The lowest BCUT2D eigenvalue weighted by molar-refractivity contribution is 0.492. The van der Waals surface area contributed by atoms with E-state index in [1.807, 2.05) is 55.6 Å². The molecule has 0 spiro atoms. The Morgan fingerprint density at radius 1 is 1.05 bits per heavy atom. The molecule has 102 valence electrons. The van der Waals surface area contributed by atoms with Crippen LogP contribution in [0.5, 0.6) is 0 Å². The van der Waals surface area contributed by atoms with Gasteiger partial charge in [-0.3, -0.25) is 0 Å². The summed E-state index contributed by atoms with van der Waals surface area (Å²) >= 11 is 12.2. The first kappa shape index (κ1) is 13.5. The molecule has 2 aromatic carbocycles. The number of nitrogens with one attached hydrogen (secondary N) is 1. The second kappa shape index (κ2) is 5.49. The molecule has 1 N–H and O–H groups in total. The van der Waals surface area contributed by atoms with Crippen molar-refractivity contribution in [2.75, 3.05) is 7.05 Å². The number of benzene rings is 2. The van der Waals surface area contributed by atoms with Crippen LogP contribution in [0.4, 0.5) is 0 Å². The Bertz CT molecular complexity index is 751. The minimum absolute atomic E-state index is 0.0582. The molecule has 0 radical (unpaired) electrons. The van der Waals surface area contributed by atoms with Crippen LogP contribution in [0.25, 0.3) is 11.0 Å². The molecule has 0 amide bonds. The Morgan fingerprint density at radius 3 is 2.55 bits per heavy atom. The quantitative estimate of drug-likeness (QED) is 0.732. The molecular weight excluding hydrogens is 293 g/mol. The van der Waals surface area contributed by atoms with Crippen molar-refractivity contribution >= 4 is 34.2 Å². The van der Waals surface area contributed by atoms with E-state index in [0.29, 0.717) is 15.6 Å². The van der Waals surface area contributed by atoms with Crippen LogP contribution in [-0.4, -0.2) is 7.05 Å². The van der Waals surface area contributed by atoms with Crippen LogP contribution in [0.15, 0.2) is 52.9 Å². The Labute approximate surface area is 127 Å². The molecular formula is C16H13Cl2NO. The Balaban J connectivity index is 2.09. The zero-order chi connectivity index (χ0) is 14.1. The summed E-state index contributed by atoms with van der Waals surface area (Å²) in [4.78, 5) is 0. The van der Waals surface area contributed by atoms with Gasteiger partial charge in [0.2, 0.25) is 0 Å². The third-order valence-corrected chi connectivity index (χ3v) is 3.80. The van der Waals surface area contributed by atoms with Crippen LogP contribution >= 0.6 is 23.2 Å². The van der Waals surface area contributed by atoms with Gasteiger partial charge < -0.3 is 9.73 Å². The van der Waals surface area contributed by atoms with Gasteiger partial charge in [-0.2, -0.15) is 0 Å². The fourth-order valence-corrected chi connectivity index (χ4v) is 2.77. The van der Waals surface area contributed by atoms with E-state index in [4.69, 9.17) is 27.6 Å². The summed E-state index contributed by atoms with van der Waals surface area (Å²) in [6.07, 6.45) is 0. The summed E-state index contributed by atoms with van der Waals surface area (Å²) in [6, 6.07) is 15.4. The van der Waals surface area contributed by atoms with Crippen molar-refractivity contribution in [1.82, 2.24) is 5.32 Å². The van der Waals surface area contributed by atoms with E-state index in [2.05, 4.69) is 5.32 Å². The van der Waals surface area contributed by atoms with Crippen molar-refractivity contribution in [2.45, 2.75) is 6.04 Å². The molecule has 1 unspecified atom stereocenters. The van der Waals surface area contributed by atoms with E-state index in [1.165, 1.54) is 0 Å². The number of rotatable bonds is 3. The third-order valence-electron chi connectivity index (χ3n) is 3.27. The van der Waals surface area contributed by atoms with E-state index in [-0.39, 0.29) is 6.04 Å². The highest BCUT2D eigenvalue weighted by Crippen LogP contribution is 2.32. The van der Waals surface area contributed by atoms with Crippen molar-refractivity contribution in [2.24, 2.45) is 0 Å². The average Bonchev–Trinajstić information content (AvgIpc) is 2.85. The molecule has 1 aromatic heterocycles. The first-order chi connectivity index (χ1) is 9.69. The highest BCUT2D eigenvalue weighted by atomic mass is 35.5. The first-order valence-electron chi connectivity index (χ1n) is 6.29. The fourth-order valence-electron chi connectivity index (χ4n) is 2.35. The lowest BCUT2D eigenvalue weighted by atomic mass is 10.0. The van der Waals surface area contributed by atoms with Crippen LogP contribution in [0, 0.1) is 0 Å². The molecule has 20 heavy (non-hydrogen) atoms. The molecule has 1 heterocycles. The lowest BCUT2D eigenvalue weighted by Crippen LogP contribution is -2.16. The number of para-hydroxylation sites is 1. The number of fused-ring (bicyclic) bond motifs is 1. The summed E-state index contributed by atoms with van der Waals surface area (Å²) in [5.74, 6) is 0.817. The van der Waals surface area contributed by atoms with Crippen LogP contribution in [0.3, 0.4) is 0 Å². The van der Waals surface area contributed by atoms with Gasteiger partial charge in [0.1, 0.15) is 5.76 Å². The van der Waals surface area contributed by atoms with Crippen LogP contribution in [0.1, 0.15) is 17.4 Å².